The van der Waals surface area contributed by atoms with Crippen LogP contribution in [0.5, 0.6) is 0 Å². The zero-order valence-electron chi connectivity index (χ0n) is 13.3. The molecule has 0 radical (unpaired) electrons. The first-order chi connectivity index (χ1) is 11.5. The normalized spacial score (nSPS) is 13.1. The van der Waals surface area contributed by atoms with Gasteiger partial charge >= 0.3 is 0 Å². The largest absolute Gasteiger partial charge is 0.368 e. The van der Waals surface area contributed by atoms with E-state index in [0.29, 0.717) is 25.1 Å². The molecular formula is C14H24N6O3S. The predicted molar refractivity (Wildman–Crippen MR) is 92.1 cm³/mol. The summed E-state index contributed by atoms with van der Waals surface area (Å²) in [4.78, 5) is 42.3. The minimum atomic E-state index is -0.860. The molecule has 0 aromatic carbocycles. The average Bonchev–Trinajstić information content (AvgIpc) is 3.06. The molecule has 0 aliphatic heterocycles. The number of carbonyl (C=O) groups excluding carboxylic acids is 3. The number of nitrogens with zero attached hydrogens (tertiary/aromatic N) is 1. The third-order valence-corrected chi connectivity index (χ3v) is 3.67. The highest BCUT2D eigenvalue weighted by Crippen LogP contribution is 2.03. The number of H-pyrrole nitrogens is 1. The van der Waals surface area contributed by atoms with E-state index in [2.05, 4.69) is 33.2 Å². The molecule has 0 unspecified atom stereocenters. The maximum absolute atomic E-state index is 12.5. The highest BCUT2D eigenvalue weighted by atomic mass is 32.1. The van der Waals surface area contributed by atoms with Crippen molar-refractivity contribution in [2.24, 2.45) is 11.5 Å². The third kappa shape index (κ3) is 7.01. The molecule has 0 aliphatic rings. The standard InChI is InChI=1S/C14H24N6O3S/c15-4-2-1-3-10(13(16)22)20-14(23)11(19-12(21)7-24)5-9-6-17-8-18-9/h6,8,10-11,24H,1-5,7,15H2,(H2,16,22)(H,17,18)(H,19,21)(H,20,23)/t10-,11-/m0/s1. The van der Waals surface area contributed by atoms with Crippen LogP contribution in [0.15, 0.2) is 12.5 Å². The van der Waals surface area contributed by atoms with Gasteiger partial charge in [0.25, 0.3) is 0 Å². The number of aromatic amines is 1. The van der Waals surface area contributed by atoms with Crippen LogP contribution >= 0.6 is 12.6 Å². The van der Waals surface area contributed by atoms with E-state index in [9.17, 15) is 14.4 Å². The Morgan fingerprint density at radius 2 is 2.00 bits per heavy atom. The van der Waals surface area contributed by atoms with Crippen LogP contribution in [-0.2, 0) is 20.8 Å². The number of carbonyl (C=O) groups is 3. The van der Waals surface area contributed by atoms with Crippen LogP contribution in [0.25, 0.3) is 0 Å². The Hall–Kier alpha value is -2.07. The minimum absolute atomic E-state index is 0.0531. The van der Waals surface area contributed by atoms with Crippen molar-refractivity contribution in [3.63, 3.8) is 0 Å². The smallest absolute Gasteiger partial charge is 0.243 e. The summed E-state index contributed by atoms with van der Waals surface area (Å²) in [5.41, 5.74) is 11.4. The molecule has 1 heterocycles. The van der Waals surface area contributed by atoms with Gasteiger partial charge in [-0.25, -0.2) is 4.98 Å². The number of rotatable bonds is 11. The van der Waals surface area contributed by atoms with E-state index < -0.39 is 29.8 Å². The van der Waals surface area contributed by atoms with Gasteiger partial charge in [0, 0.05) is 18.3 Å². The Morgan fingerprint density at radius 3 is 2.54 bits per heavy atom. The molecule has 3 amide bonds. The van der Waals surface area contributed by atoms with Gasteiger partial charge in [-0.3, -0.25) is 14.4 Å². The monoisotopic (exact) mass is 356 g/mol. The van der Waals surface area contributed by atoms with Gasteiger partial charge in [-0.15, -0.1) is 0 Å². The summed E-state index contributed by atoms with van der Waals surface area (Å²) in [5.74, 6) is -1.56. The molecule has 0 spiro atoms. The van der Waals surface area contributed by atoms with Crippen LogP contribution in [0.2, 0.25) is 0 Å². The molecule has 0 aliphatic carbocycles. The molecule has 1 rings (SSSR count). The van der Waals surface area contributed by atoms with Crippen molar-refractivity contribution in [1.29, 1.82) is 0 Å². The number of nitrogens with one attached hydrogen (secondary N) is 3. The molecule has 134 valence electrons. The van der Waals surface area contributed by atoms with Gasteiger partial charge in [0.15, 0.2) is 0 Å². The van der Waals surface area contributed by atoms with Crippen LogP contribution in [0.4, 0.5) is 0 Å². The summed E-state index contributed by atoms with van der Waals surface area (Å²) in [6, 6.07) is -1.66. The fourth-order valence-corrected chi connectivity index (χ4v) is 2.21. The zero-order valence-corrected chi connectivity index (χ0v) is 14.2. The number of primary amides is 1. The van der Waals surface area contributed by atoms with E-state index >= 15 is 0 Å². The van der Waals surface area contributed by atoms with Gasteiger partial charge in [-0.2, -0.15) is 12.6 Å². The van der Waals surface area contributed by atoms with Gasteiger partial charge in [0.05, 0.1) is 12.1 Å². The molecule has 10 heteroatoms. The molecule has 1 aromatic heterocycles. The van der Waals surface area contributed by atoms with E-state index in [1.54, 1.807) is 6.20 Å². The number of amides is 3. The molecule has 24 heavy (non-hydrogen) atoms. The molecule has 0 saturated carbocycles. The molecule has 9 nitrogen and oxygen atoms in total. The Kier molecular flexibility index (Phi) is 8.87. The zero-order chi connectivity index (χ0) is 17.9. The van der Waals surface area contributed by atoms with E-state index in [1.807, 2.05) is 0 Å². The predicted octanol–water partition coefficient (Wildman–Crippen LogP) is -1.53. The van der Waals surface area contributed by atoms with Crippen molar-refractivity contribution in [2.45, 2.75) is 37.8 Å². The first-order valence-corrected chi connectivity index (χ1v) is 8.28. The summed E-state index contributed by atoms with van der Waals surface area (Å²) in [5, 5.41) is 5.16. The van der Waals surface area contributed by atoms with E-state index in [1.165, 1.54) is 6.33 Å². The number of hydrogen-bond donors (Lipinski definition) is 6. The lowest BCUT2D eigenvalue weighted by Crippen LogP contribution is -2.54. The van der Waals surface area contributed by atoms with Crippen LogP contribution < -0.4 is 22.1 Å². The summed E-state index contributed by atoms with van der Waals surface area (Å²) in [6.07, 6.45) is 5.03. The first kappa shape index (κ1) is 20.0. The van der Waals surface area contributed by atoms with Crippen molar-refractivity contribution in [3.05, 3.63) is 18.2 Å². The lowest BCUT2D eigenvalue weighted by Gasteiger charge is -2.21. The van der Waals surface area contributed by atoms with E-state index in [-0.39, 0.29) is 12.2 Å². The Bertz CT molecular complexity index is 537. The van der Waals surface area contributed by atoms with Crippen molar-refractivity contribution >= 4 is 30.4 Å². The molecule has 0 fully saturated rings. The van der Waals surface area contributed by atoms with Crippen LogP contribution in [0.1, 0.15) is 25.0 Å². The summed E-state index contributed by atoms with van der Waals surface area (Å²) in [7, 11) is 0. The van der Waals surface area contributed by atoms with Gasteiger partial charge < -0.3 is 27.1 Å². The Morgan fingerprint density at radius 1 is 1.25 bits per heavy atom. The maximum Gasteiger partial charge on any atom is 0.243 e. The quantitative estimate of drug-likeness (QED) is 0.209. The summed E-state index contributed by atoms with van der Waals surface area (Å²) in [6.45, 7) is 0.500. The SMILES string of the molecule is NCCCC[C@H](NC(=O)[C@H](Cc1cnc[nH]1)NC(=O)CS)C(N)=O. The number of unbranched alkanes of at least 4 members (excludes halogenated alkanes) is 1. The Labute approximate surface area is 145 Å². The van der Waals surface area contributed by atoms with E-state index in [4.69, 9.17) is 11.5 Å². The topological polar surface area (TPSA) is 156 Å². The molecule has 2 atom stereocenters. The molecule has 0 saturated heterocycles. The highest BCUT2D eigenvalue weighted by Gasteiger charge is 2.25. The third-order valence-electron chi connectivity index (χ3n) is 3.38. The molecule has 7 N–H and O–H groups in total. The van der Waals surface area contributed by atoms with Crippen LogP contribution in [-0.4, -0.2) is 52.1 Å². The fourth-order valence-electron chi connectivity index (χ4n) is 2.12. The Balaban J connectivity index is 2.73. The second-order valence-corrected chi connectivity index (χ2v) is 5.62. The minimum Gasteiger partial charge on any atom is -0.368 e. The lowest BCUT2D eigenvalue weighted by atomic mass is 10.1. The van der Waals surface area contributed by atoms with Crippen LogP contribution in [0, 0.1) is 0 Å². The summed E-state index contributed by atoms with van der Waals surface area (Å²) < 4.78 is 0. The van der Waals surface area contributed by atoms with Gasteiger partial charge in [-0.1, -0.05) is 0 Å². The lowest BCUT2D eigenvalue weighted by molar-refractivity contribution is -0.130. The second-order valence-electron chi connectivity index (χ2n) is 5.31. The van der Waals surface area contributed by atoms with Gasteiger partial charge in [-0.05, 0) is 25.8 Å². The molecular weight excluding hydrogens is 332 g/mol. The number of imidazole rings is 1. The second kappa shape index (κ2) is 10.7. The first-order valence-electron chi connectivity index (χ1n) is 7.65. The number of nitrogens with two attached hydrogens (primary N) is 2. The highest BCUT2D eigenvalue weighted by molar-refractivity contribution is 7.81. The molecule has 1 aromatic rings. The number of thiol groups is 1. The van der Waals surface area contributed by atoms with Crippen molar-refractivity contribution in [3.8, 4) is 0 Å². The van der Waals surface area contributed by atoms with Crippen molar-refractivity contribution in [1.82, 2.24) is 20.6 Å². The van der Waals surface area contributed by atoms with Gasteiger partial charge in [0.1, 0.15) is 12.1 Å². The van der Waals surface area contributed by atoms with Gasteiger partial charge in [0.2, 0.25) is 17.7 Å². The number of aromatic nitrogens is 2. The molecule has 0 bridgehead atoms. The van der Waals surface area contributed by atoms with E-state index in [0.717, 1.165) is 6.42 Å². The van der Waals surface area contributed by atoms with Crippen LogP contribution in [0.3, 0.4) is 0 Å². The maximum atomic E-state index is 12.5. The number of hydrogen-bond acceptors (Lipinski definition) is 6. The fraction of sp³-hybridized carbons (Fsp3) is 0.571. The van der Waals surface area contributed by atoms with Crippen molar-refractivity contribution < 1.29 is 14.4 Å². The van der Waals surface area contributed by atoms with Crippen molar-refractivity contribution in [2.75, 3.05) is 12.3 Å². The summed E-state index contributed by atoms with van der Waals surface area (Å²) >= 11 is 3.88. The average molecular weight is 356 g/mol.